The van der Waals surface area contributed by atoms with Gasteiger partial charge in [0.05, 0.1) is 17.0 Å². The van der Waals surface area contributed by atoms with Crippen molar-refractivity contribution < 1.29 is 17.9 Å². The van der Waals surface area contributed by atoms with Gasteiger partial charge in [0.1, 0.15) is 6.61 Å². The second-order valence-electron chi connectivity index (χ2n) is 10.1. The lowest BCUT2D eigenvalue weighted by atomic mass is 9.90. The number of piperidine rings is 1. The Kier molecular flexibility index (Phi) is 5.20. The summed E-state index contributed by atoms with van der Waals surface area (Å²) in [5.41, 5.74) is 5.29. The third kappa shape index (κ3) is 3.80. The van der Waals surface area contributed by atoms with Crippen molar-refractivity contribution in [1.29, 1.82) is 0 Å². The minimum Gasteiger partial charge on any atom is -0.363 e. The fourth-order valence-electron chi connectivity index (χ4n) is 5.59. The molecule has 4 aliphatic rings. The highest BCUT2D eigenvalue weighted by Gasteiger charge is 2.47. The number of carbonyl (C=O) groups excluding carboxylic acids is 1. The number of ether oxygens (including phenoxy) is 1. The summed E-state index contributed by atoms with van der Waals surface area (Å²) in [4.78, 5) is 14.5. The van der Waals surface area contributed by atoms with Crippen molar-refractivity contribution in [3.05, 3.63) is 59.2 Å². The molecule has 0 bridgehead atoms. The van der Waals surface area contributed by atoms with Crippen LogP contribution in [0.15, 0.2) is 47.4 Å². The molecule has 0 radical (unpaired) electrons. The zero-order valence-corrected chi connectivity index (χ0v) is 20.3. The van der Waals surface area contributed by atoms with Crippen LogP contribution < -0.4 is 0 Å². The highest BCUT2D eigenvalue weighted by Crippen LogP contribution is 2.38. The molecule has 6 nitrogen and oxygen atoms in total. The van der Waals surface area contributed by atoms with Gasteiger partial charge in [0.2, 0.25) is 15.9 Å². The minimum absolute atomic E-state index is 0.0679. The van der Waals surface area contributed by atoms with E-state index >= 15 is 0 Å². The smallest absolute Gasteiger partial charge is 0.248 e. The van der Waals surface area contributed by atoms with E-state index in [9.17, 15) is 13.2 Å². The van der Waals surface area contributed by atoms with Gasteiger partial charge >= 0.3 is 0 Å². The summed E-state index contributed by atoms with van der Waals surface area (Å²) in [6, 6.07) is 12.3. The molecule has 2 heterocycles. The van der Waals surface area contributed by atoms with E-state index in [1.165, 1.54) is 11.1 Å². The van der Waals surface area contributed by atoms with Crippen LogP contribution >= 0.6 is 0 Å². The van der Waals surface area contributed by atoms with Crippen molar-refractivity contribution in [2.24, 2.45) is 0 Å². The maximum Gasteiger partial charge on any atom is 0.248 e. The Labute approximate surface area is 201 Å². The van der Waals surface area contributed by atoms with Gasteiger partial charge in [-0.15, -0.1) is 0 Å². The van der Waals surface area contributed by atoms with Crippen molar-refractivity contribution >= 4 is 22.0 Å². The van der Waals surface area contributed by atoms with Gasteiger partial charge in [0.25, 0.3) is 0 Å². The molecule has 2 aromatic carbocycles. The van der Waals surface area contributed by atoms with E-state index in [0.717, 1.165) is 36.0 Å². The molecule has 1 saturated carbocycles. The van der Waals surface area contributed by atoms with Gasteiger partial charge in [0, 0.05) is 19.1 Å². The molecule has 1 amide bonds. The van der Waals surface area contributed by atoms with Crippen LogP contribution in [0.4, 0.5) is 0 Å². The highest BCUT2D eigenvalue weighted by atomic mass is 32.2. The van der Waals surface area contributed by atoms with Gasteiger partial charge in [0.15, 0.2) is 0 Å². The number of amides is 1. The van der Waals surface area contributed by atoms with Crippen molar-refractivity contribution in [2.45, 2.75) is 55.6 Å². The summed E-state index contributed by atoms with van der Waals surface area (Å²) in [6.07, 6.45) is 8.62. The molecule has 0 N–H and O–H groups in total. The van der Waals surface area contributed by atoms with E-state index in [2.05, 4.69) is 30.4 Å². The number of aryl methyl sites for hydroxylation is 1. The van der Waals surface area contributed by atoms with Gasteiger partial charge in [-0.3, -0.25) is 4.79 Å². The van der Waals surface area contributed by atoms with Crippen LogP contribution in [0.3, 0.4) is 0 Å². The molecule has 178 valence electrons. The molecule has 0 aromatic heterocycles. The van der Waals surface area contributed by atoms with Gasteiger partial charge < -0.3 is 9.64 Å². The van der Waals surface area contributed by atoms with Gasteiger partial charge in [-0.2, -0.15) is 4.31 Å². The molecule has 2 saturated heterocycles. The molecule has 1 spiro atoms. The summed E-state index contributed by atoms with van der Waals surface area (Å²) in [5, 5.41) is 0. The molecule has 2 aromatic rings. The number of fused-ring (bicyclic) bond motifs is 1. The number of sulfonamides is 1. The van der Waals surface area contributed by atoms with Gasteiger partial charge in [-0.1, -0.05) is 36.4 Å². The van der Waals surface area contributed by atoms with E-state index in [1.807, 2.05) is 17.9 Å². The lowest BCUT2D eigenvalue weighted by molar-refractivity contribution is -0.170. The van der Waals surface area contributed by atoms with Gasteiger partial charge in [-0.25, -0.2) is 8.42 Å². The fraction of sp³-hybridized carbons (Fsp3) is 0.444. The third-order valence-corrected chi connectivity index (χ3v) is 9.72. The molecule has 2 aliphatic heterocycles. The van der Waals surface area contributed by atoms with Crippen LogP contribution in [0.5, 0.6) is 0 Å². The first-order chi connectivity index (χ1) is 16.3. The fourth-order valence-corrected chi connectivity index (χ4v) is 7.12. The molecule has 34 heavy (non-hydrogen) atoms. The lowest BCUT2D eigenvalue weighted by Crippen LogP contribution is -2.59. The molecular weight excluding hydrogens is 448 g/mol. The second kappa shape index (κ2) is 8.04. The number of hydrogen-bond acceptors (Lipinski definition) is 4. The maximum absolute atomic E-state index is 13.5. The summed E-state index contributed by atoms with van der Waals surface area (Å²) in [6.45, 7) is 3.50. The largest absolute Gasteiger partial charge is 0.363 e. The van der Waals surface area contributed by atoms with Crippen LogP contribution in [-0.4, -0.2) is 61.4 Å². The monoisotopic (exact) mass is 478 g/mol. The quantitative estimate of drug-likeness (QED) is 0.671. The number of carbonyl (C=O) groups is 1. The SMILES string of the molecule is Cc1cc(S(=O)(=O)N2CCC3(CC2)CN(C2CC2)C(=O)CO3)ccc1-c1ccc2c(c1)CC=C2. The molecule has 0 atom stereocenters. The Bertz CT molecular complexity index is 1290. The molecule has 6 rings (SSSR count). The molecule has 2 aliphatic carbocycles. The van der Waals surface area contributed by atoms with E-state index in [0.29, 0.717) is 43.4 Å². The second-order valence-corrected chi connectivity index (χ2v) is 12.1. The van der Waals surface area contributed by atoms with E-state index < -0.39 is 15.6 Å². The Hall–Kier alpha value is -2.48. The van der Waals surface area contributed by atoms with Crippen molar-refractivity contribution in [3.8, 4) is 11.1 Å². The van der Waals surface area contributed by atoms with Crippen LogP contribution in [-0.2, 0) is 26.0 Å². The summed E-state index contributed by atoms with van der Waals surface area (Å²) >= 11 is 0. The number of benzene rings is 2. The summed E-state index contributed by atoms with van der Waals surface area (Å²) in [5.74, 6) is 0.0679. The molecule has 0 unspecified atom stereocenters. The summed E-state index contributed by atoms with van der Waals surface area (Å²) in [7, 11) is -3.59. The zero-order chi connectivity index (χ0) is 23.5. The topological polar surface area (TPSA) is 66.9 Å². The maximum atomic E-state index is 13.5. The Balaban J connectivity index is 1.18. The standard InChI is InChI=1S/C27H30N2O4S/c1-19-15-24(9-10-25(19)22-6-5-20-3-2-4-21(20)16-22)34(31,32)28-13-11-27(12-14-28)18-29(23-7-8-23)26(30)17-33-27/h2-3,5-6,9-10,15-16,23H,4,7-8,11-14,17-18H2,1H3. The van der Waals surface area contributed by atoms with Crippen LogP contribution in [0, 0.1) is 6.92 Å². The molecule has 7 heteroatoms. The van der Waals surface area contributed by atoms with E-state index in [1.54, 1.807) is 16.4 Å². The first-order valence-electron chi connectivity index (χ1n) is 12.2. The Morgan fingerprint density at radius 3 is 2.59 bits per heavy atom. The Morgan fingerprint density at radius 2 is 1.85 bits per heavy atom. The normalized spacial score (nSPS) is 22.4. The lowest BCUT2D eigenvalue weighted by Gasteiger charge is -2.46. The minimum atomic E-state index is -3.59. The number of allylic oxidation sites excluding steroid dienone is 1. The van der Waals surface area contributed by atoms with Gasteiger partial charge in [-0.05, 0) is 79.0 Å². The van der Waals surface area contributed by atoms with Crippen molar-refractivity contribution in [2.75, 3.05) is 26.2 Å². The average Bonchev–Trinajstić information content (AvgIpc) is 3.57. The van der Waals surface area contributed by atoms with Crippen LogP contribution in [0.25, 0.3) is 17.2 Å². The summed E-state index contributed by atoms with van der Waals surface area (Å²) < 4.78 is 34.5. The number of hydrogen-bond donors (Lipinski definition) is 0. The van der Waals surface area contributed by atoms with Crippen molar-refractivity contribution in [1.82, 2.24) is 9.21 Å². The third-order valence-electron chi connectivity index (χ3n) is 7.83. The van der Waals surface area contributed by atoms with Crippen LogP contribution in [0.1, 0.15) is 42.4 Å². The van der Waals surface area contributed by atoms with E-state index in [4.69, 9.17) is 4.74 Å². The first kappa shape index (κ1) is 22.0. The number of rotatable bonds is 4. The zero-order valence-electron chi connectivity index (χ0n) is 19.5. The average molecular weight is 479 g/mol. The molecule has 3 fully saturated rings. The van der Waals surface area contributed by atoms with E-state index in [-0.39, 0.29) is 12.5 Å². The first-order valence-corrected chi connectivity index (χ1v) is 13.6. The Morgan fingerprint density at radius 1 is 1.06 bits per heavy atom. The van der Waals surface area contributed by atoms with Crippen LogP contribution in [0.2, 0.25) is 0 Å². The molecular formula is C27H30N2O4S. The number of morpholine rings is 1. The predicted octanol–water partition coefficient (Wildman–Crippen LogP) is 3.78. The highest BCUT2D eigenvalue weighted by molar-refractivity contribution is 7.89. The predicted molar refractivity (Wildman–Crippen MR) is 131 cm³/mol. The number of nitrogens with zero attached hydrogens (tertiary/aromatic N) is 2. The van der Waals surface area contributed by atoms with Crippen molar-refractivity contribution in [3.63, 3.8) is 0 Å².